The van der Waals surface area contributed by atoms with Crippen molar-refractivity contribution in [3.8, 4) is 16.3 Å². The minimum Gasteiger partial charge on any atom is -0.497 e. The maximum atomic E-state index is 12.7. The van der Waals surface area contributed by atoms with Gasteiger partial charge in [-0.1, -0.05) is 55.0 Å². The summed E-state index contributed by atoms with van der Waals surface area (Å²) in [4.78, 5) is 27.0. The maximum absolute atomic E-state index is 12.7. The number of carbonyl (C=O) groups is 2. The number of anilines is 1. The molecule has 1 aromatic heterocycles. The minimum absolute atomic E-state index is 0.0956. The van der Waals surface area contributed by atoms with E-state index >= 15 is 0 Å². The number of aromatic nitrogens is 2. The van der Waals surface area contributed by atoms with Crippen LogP contribution in [-0.2, 0) is 16.0 Å². The Bertz CT molecular complexity index is 1020. The summed E-state index contributed by atoms with van der Waals surface area (Å²) in [7, 11) is 1.62. The van der Waals surface area contributed by atoms with E-state index < -0.39 is 0 Å². The van der Waals surface area contributed by atoms with Crippen LogP contribution < -0.4 is 10.1 Å². The van der Waals surface area contributed by atoms with E-state index in [-0.39, 0.29) is 18.2 Å². The molecule has 0 fully saturated rings. The Labute approximate surface area is 198 Å². The van der Waals surface area contributed by atoms with Crippen LogP contribution in [0.2, 0.25) is 0 Å². The van der Waals surface area contributed by atoms with Crippen molar-refractivity contribution in [3.05, 3.63) is 60.2 Å². The van der Waals surface area contributed by atoms with E-state index in [1.807, 2.05) is 42.5 Å². The van der Waals surface area contributed by atoms with E-state index in [1.165, 1.54) is 16.9 Å². The fourth-order valence-corrected chi connectivity index (χ4v) is 4.06. The molecule has 0 spiro atoms. The zero-order chi connectivity index (χ0) is 23.5. The fraction of sp³-hybridized carbons (Fsp3) is 0.360. The minimum atomic E-state index is -0.180. The summed E-state index contributed by atoms with van der Waals surface area (Å²) in [5.41, 5.74) is 2.08. The van der Waals surface area contributed by atoms with Gasteiger partial charge in [0.15, 0.2) is 0 Å². The Morgan fingerprint density at radius 2 is 1.76 bits per heavy atom. The van der Waals surface area contributed by atoms with Gasteiger partial charge in [-0.3, -0.25) is 9.59 Å². The first-order valence-corrected chi connectivity index (χ1v) is 12.0. The quantitative estimate of drug-likeness (QED) is 0.414. The van der Waals surface area contributed by atoms with Crippen molar-refractivity contribution < 1.29 is 14.3 Å². The van der Waals surface area contributed by atoms with Gasteiger partial charge >= 0.3 is 0 Å². The molecule has 0 aliphatic carbocycles. The lowest BCUT2D eigenvalue weighted by atomic mass is 10.1. The molecule has 33 heavy (non-hydrogen) atoms. The van der Waals surface area contributed by atoms with Crippen LogP contribution in [0.5, 0.6) is 5.75 Å². The summed E-state index contributed by atoms with van der Waals surface area (Å²) in [5.74, 6) is 0.681. The molecule has 0 aliphatic rings. The Balaban J connectivity index is 1.54. The summed E-state index contributed by atoms with van der Waals surface area (Å²) in [6.45, 7) is 3.04. The van der Waals surface area contributed by atoms with Crippen LogP contribution in [-0.4, -0.2) is 47.1 Å². The first kappa shape index (κ1) is 24.4. The molecule has 3 aromatic rings. The number of hydrogen-bond acceptors (Lipinski definition) is 6. The highest BCUT2D eigenvalue weighted by Gasteiger charge is 2.16. The number of hydrogen-bond donors (Lipinski definition) is 1. The molecule has 0 atom stereocenters. The van der Waals surface area contributed by atoms with Gasteiger partial charge in [-0.05, 0) is 42.7 Å². The van der Waals surface area contributed by atoms with Crippen molar-refractivity contribution in [2.24, 2.45) is 0 Å². The molecule has 0 aliphatic heterocycles. The van der Waals surface area contributed by atoms with Gasteiger partial charge in [-0.15, -0.1) is 10.2 Å². The Morgan fingerprint density at radius 1 is 1.00 bits per heavy atom. The van der Waals surface area contributed by atoms with Gasteiger partial charge in [-0.2, -0.15) is 0 Å². The van der Waals surface area contributed by atoms with E-state index in [1.54, 1.807) is 12.0 Å². The van der Waals surface area contributed by atoms with Crippen molar-refractivity contribution in [1.29, 1.82) is 0 Å². The molecular weight excluding hydrogens is 436 g/mol. The Kier molecular flexibility index (Phi) is 9.38. The summed E-state index contributed by atoms with van der Waals surface area (Å²) >= 11 is 1.31. The number of amides is 2. The van der Waals surface area contributed by atoms with Crippen LogP contribution in [0.25, 0.3) is 10.6 Å². The molecule has 0 bridgehead atoms. The number of carbonyl (C=O) groups excluding carboxylic acids is 2. The number of nitrogens with zero attached hydrogens (tertiary/aromatic N) is 3. The first-order chi connectivity index (χ1) is 16.1. The molecule has 0 radical (unpaired) electrons. The average Bonchev–Trinajstić information content (AvgIpc) is 3.31. The predicted molar refractivity (Wildman–Crippen MR) is 131 cm³/mol. The number of ether oxygens (including phenoxy) is 1. The summed E-state index contributed by atoms with van der Waals surface area (Å²) in [6, 6.07) is 17.6. The monoisotopic (exact) mass is 466 g/mol. The van der Waals surface area contributed by atoms with Crippen molar-refractivity contribution in [3.63, 3.8) is 0 Å². The zero-order valence-corrected chi connectivity index (χ0v) is 19.9. The average molecular weight is 467 g/mol. The number of rotatable bonds is 12. The van der Waals surface area contributed by atoms with Crippen LogP contribution in [0.1, 0.15) is 38.2 Å². The molecule has 174 valence electrons. The molecule has 0 saturated carbocycles. The van der Waals surface area contributed by atoms with Gasteiger partial charge in [-0.25, -0.2) is 0 Å². The molecule has 2 aromatic carbocycles. The molecule has 8 heteroatoms. The van der Waals surface area contributed by atoms with E-state index in [9.17, 15) is 9.59 Å². The number of benzene rings is 2. The largest absolute Gasteiger partial charge is 0.497 e. The third-order valence-electron chi connectivity index (χ3n) is 5.23. The highest BCUT2D eigenvalue weighted by molar-refractivity contribution is 7.18. The van der Waals surface area contributed by atoms with Gasteiger partial charge in [0.25, 0.3) is 0 Å². The molecule has 2 amide bonds. The second-order valence-corrected chi connectivity index (χ2v) is 8.64. The predicted octanol–water partition coefficient (Wildman–Crippen LogP) is 4.80. The lowest BCUT2D eigenvalue weighted by molar-refractivity contribution is -0.131. The van der Waals surface area contributed by atoms with Gasteiger partial charge < -0.3 is 15.0 Å². The molecule has 1 heterocycles. The van der Waals surface area contributed by atoms with Crippen LogP contribution in [0.15, 0.2) is 54.6 Å². The summed E-state index contributed by atoms with van der Waals surface area (Å²) in [5, 5.41) is 12.2. The third kappa shape index (κ3) is 7.68. The van der Waals surface area contributed by atoms with Gasteiger partial charge in [0, 0.05) is 31.5 Å². The lowest BCUT2D eigenvalue weighted by Crippen LogP contribution is -2.35. The van der Waals surface area contributed by atoms with E-state index in [4.69, 9.17) is 4.74 Å². The SMILES string of the molecule is CCCCC(=O)N(CCC(=O)Nc1nnc(-c2ccc(OC)cc2)s1)CCc1ccccc1. The van der Waals surface area contributed by atoms with Crippen molar-refractivity contribution in [1.82, 2.24) is 15.1 Å². The smallest absolute Gasteiger partial charge is 0.227 e. The molecule has 7 nitrogen and oxygen atoms in total. The standard InChI is InChI=1S/C25H30N4O3S/c1-3-4-10-23(31)29(17-15-19-8-6-5-7-9-19)18-16-22(30)26-25-28-27-24(33-25)20-11-13-21(32-2)14-12-20/h5-9,11-14H,3-4,10,15-18H2,1-2H3,(H,26,28,30). The van der Waals surface area contributed by atoms with Crippen LogP contribution in [0.3, 0.4) is 0 Å². The van der Waals surface area contributed by atoms with Crippen LogP contribution >= 0.6 is 11.3 Å². The summed E-state index contributed by atoms with van der Waals surface area (Å²) in [6.07, 6.45) is 3.30. The van der Waals surface area contributed by atoms with Crippen molar-refractivity contribution >= 4 is 28.3 Å². The summed E-state index contributed by atoms with van der Waals surface area (Å²) < 4.78 is 5.17. The highest BCUT2D eigenvalue weighted by atomic mass is 32.1. The second kappa shape index (κ2) is 12.7. The number of unbranched alkanes of at least 4 members (excludes halogenated alkanes) is 1. The topological polar surface area (TPSA) is 84.4 Å². The normalized spacial score (nSPS) is 10.6. The fourth-order valence-electron chi connectivity index (χ4n) is 3.30. The molecular formula is C25H30N4O3S. The van der Waals surface area contributed by atoms with E-state index in [0.29, 0.717) is 29.6 Å². The third-order valence-corrected chi connectivity index (χ3v) is 6.11. The van der Waals surface area contributed by atoms with Gasteiger partial charge in [0.05, 0.1) is 7.11 Å². The second-order valence-electron chi connectivity index (χ2n) is 7.66. The molecule has 1 N–H and O–H groups in total. The lowest BCUT2D eigenvalue weighted by Gasteiger charge is -2.22. The maximum Gasteiger partial charge on any atom is 0.227 e. The highest BCUT2D eigenvalue weighted by Crippen LogP contribution is 2.27. The van der Waals surface area contributed by atoms with Crippen LogP contribution in [0, 0.1) is 0 Å². The number of methoxy groups -OCH3 is 1. The molecule has 0 saturated heterocycles. The molecule has 3 rings (SSSR count). The van der Waals surface area contributed by atoms with E-state index in [2.05, 4.69) is 34.6 Å². The number of nitrogens with one attached hydrogen (secondary N) is 1. The van der Waals surface area contributed by atoms with Crippen LogP contribution in [0.4, 0.5) is 5.13 Å². The first-order valence-electron chi connectivity index (χ1n) is 11.2. The van der Waals surface area contributed by atoms with Crippen molar-refractivity contribution in [2.75, 3.05) is 25.5 Å². The zero-order valence-electron chi connectivity index (χ0n) is 19.1. The van der Waals surface area contributed by atoms with Crippen molar-refractivity contribution in [2.45, 2.75) is 39.0 Å². The van der Waals surface area contributed by atoms with Gasteiger partial charge in [0.2, 0.25) is 16.9 Å². The van der Waals surface area contributed by atoms with E-state index in [0.717, 1.165) is 30.6 Å². The Hall–Kier alpha value is -3.26. The van der Waals surface area contributed by atoms with Gasteiger partial charge in [0.1, 0.15) is 10.8 Å². The Morgan fingerprint density at radius 3 is 2.45 bits per heavy atom. The molecule has 0 unspecified atom stereocenters.